The summed E-state index contributed by atoms with van der Waals surface area (Å²) in [5.41, 5.74) is 1.80. The third-order valence-electron chi connectivity index (χ3n) is 9.94. The second-order valence-corrected chi connectivity index (χ2v) is 13.0. The number of hydrogen-bond acceptors (Lipinski definition) is 4. The summed E-state index contributed by atoms with van der Waals surface area (Å²) >= 11 is 0. The largest absolute Gasteiger partial charge is 0.416 e. The molecule has 0 N–H and O–H groups in total. The number of nitrogens with zero attached hydrogens (tertiary/aromatic N) is 6. The second-order valence-electron chi connectivity index (χ2n) is 13.0. The van der Waals surface area contributed by atoms with Crippen molar-refractivity contribution in [2.24, 2.45) is 20.0 Å². The van der Waals surface area contributed by atoms with Crippen molar-refractivity contribution in [1.82, 2.24) is 24.4 Å². The highest BCUT2D eigenvalue weighted by Gasteiger charge is 2.43. The molecule has 1 saturated heterocycles. The number of benzene rings is 2. The summed E-state index contributed by atoms with van der Waals surface area (Å²) in [6.07, 6.45) is -0.583. The molecule has 7 nitrogen and oxygen atoms in total. The fourth-order valence-electron chi connectivity index (χ4n) is 7.13. The summed E-state index contributed by atoms with van der Waals surface area (Å²) in [5.74, 6) is 1.03. The molecule has 1 amide bonds. The lowest BCUT2D eigenvalue weighted by Crippen LogP contribution is -2.53. The van der Waals surface area contributed by atoms with Gasteiger partial charge in [-0.05, 0) is 66.8 Å². The molecule has 3 heterocycles. The smallest absolute Gasteiger partial charge is 0.304 e. The highest BCUT2D eigenvalue weighted by atomic mass is 19.4. The third-order valence-corrected chi connectivity index (χ3v) is 9.94. The molecule has 2 aliphatic heterocycles. The number of rotatable bonds is 7. The Hall–Kier alpha value is -3.11. The molecule has 42 heavy (non-hydrogen) atoms. The molecule has 1 atom stereocenters. The van der Waals surface area contributed by atoms with Crippen LogP contribution in [0.3, 0.4) is 0 Å². The van der Waals surface area contributed by atoms with Gasteiger partial charge in [0, 0.05) is 69.4 Å². The van der Waals surface area contributed by atoms with Gasteiger partial charge in [0.2, 0.25) is 0 Å². The summed E-state index contributed by atoms with van der Waals surface area (Å²) < 4.78 is 45.4. The number of fused-ring (bicyclic) bond motifs is 1. The Morgan fingerprint density at radius 3 is 2.45 bits per heavy atom. The Morgan fingerprint density at radius 1 is 1.07 bits per heavy atom. The zero-order valence-electron chi connectivity index (χ0n) is 25.2. The van der Waals surface area contributed by atoms with Gasteiger partial charge in [0.05, 0.1) is 12.1 Å². The van der Waals surface area contributed by atoms with Crippen LogP contribution in [0.2, 0.25) is 0 Å². The molecule has 1 aromatic heterocycles. The average Bonchev–Trinajstić information content (AvgIpc) is 3.25. The van der Waals surface area contributed by atoms with Crippen LogP contribution in [0.4, 0.5) is 18.9 Å². The minimum atomic E-state index is -4.55. The predicted molar refractivity (Wildman–Crippen MR) is 156 cm³/mol. The molecule has 226 valence electrons. The molecule has 2 fully saturated rings. The van der Waals surface area contributed by atoms with E-state index in [4.69, 9.17) is 0 Å². The van der Waals surface area contributed by atoms with Gasteiger partial charge in [0.15, 0.2) is 0 Å². The van der Waals surface area contributed by atoms with Crippen molar-refractivity contribution in [3.8, 4) is 0 Å². The summed E-state index contributed by atoms with van der Waals surface area (Å²) in [7, 11) is 5.98. The van der Waals surface area contributed by atoms with Crippen molar-refractivity contribution in [2.75, 3.05) is 31.6 Å². The Morgan fingerprint density at radius 2 is 1.83 bits per heavy atom. The molecule has 2 aromatic carbocycles. The van der Waals surface area contributed by atoms with E-state index < -0.39 is 11.7 Å². The van der Waals surface area contributed by atoms with E-state index in [1.54, 1.807) is 10.9 Å². The molecule has 0 bridgehead atoms. The molecule has 3 aromatic rings. The van der Waals surface area contributed by atoms with Crippen LogP contribution in [-0.2, 0) is 45.2 Å². The molecule has 6 rings (SSSR count). The molecule has 3 aliphatic rings. The van der Waals surface area contributed by atoms with Gasteiger partial charge in [-0.3, -0.25) is 14.4 Å². The topological polar surface area (TPSA) is 49.5 Å². The first-order valence-corrected chi connectivity index (χ1v) is 15.0. The highest BCUT2D eigenvalue weighted by molar-refractivity contribution is 6.10. The molecule has 0 unspecified atom stereocenters. The van der Waals surface area contributed by atoms with Crippen molar-refractivity contribution < 1.29 is 18.0 Å². The van der Waals surface area contributed by atoms with E-state index in [2.05, 4.69) is 41.9 Å². The summed E-state index contributed by atoms with van der Waals surface area (Å²) in [6.45, 7) is 7.14. The van der Waals surface area contributed by atoms with E-state index >= 15 is 0 Å². The maximum absolute atomic E-state index is 14.4. The lowest BCUT2D eigenvalue weighted by molar-refractivity contribution is -0.138. The van der Waals surface area contributed by atoms with Gasteiger partial charge >= 0.3 is 6.18 Å². The standard InChI is InChI=1S/C32H41F3N6O/c1-21(2)28-20-37(3)12-13-40(28)18-22-14-25-26(27(15-22)32(33,34)35)19-41(30(25)42)24-9-6-8-23(16-24)31(10-7-11-31)17-29-36-39(5)38(29)4/h6,8-9,14-16,21,28H,7,10-13,17-20H2,1-5H3/t28-/m1/s1. The summed E-state index contributed by atoms with van der Waals surface area (Å²) in [5, 5.41) is 4.53. The van der Waals surface area contributed by atoms with E-state index in [-0.39, 0.29) is 35.0 Å². The lowest BCUT2D eigenvalue weighted by Gasteiger charge is -2.43. The highest BCUT2D eigenvalue weighted by Crippen LogP contribution is 2.47. The van der Waals surface area contributed by atoms with Crippen LogP contribution < -0.4 is 4.90 Å². The number of piperazine rings is 1. The average molecular weight is 583 g/mol. The Kier molecular flexibility index (Phi) is 7.28. The van der Waals surface area contributed by atoms with Crippen LogP contribution in [0.1, 0.15) is 71.5 Å². The minimum Gasteiger partial charge on any atom is -0.304 e. The van der Waals surface area contributed by atoms with Crippen molar-refractivity contribution in [2.45, 2.75) is 70.3 Å². The minimum absolute atomic E-state index is 0.0697. The summed E-state index contributed by atoms with van der Waals surface area (Å²) in [4.78, 5) is 21.7. The van der Waals surface area contributed by atoms with Crippen LogP contribution in [-0.4, -0.2) is 63.0 Å². The molecular formula is C32H41F3N6O. The number of amides is 1. The van der Waals surface area contributed by atoms with Crippen molar-refractivity contribution in [1.29, 1.82) is 0 Å². The number of alkyl halides is 3. The first-order valence-electron chi connectivity index (χ1n) is 15.0. The van der Waals surface area contributed by atoms with Gasteiger partial charge in [-0.15, -0.1) is 5.10 Å². The maximum atomic E-state index is 14.4. The maximum Gasteiger partial charge on any atom is 0.416 e. The number of carbonyl (C=O) groups excluding carboxylic acids is 1. The molecule has 1 saturated carbocycles. The van der Waals surface area contributed by atoms with Gasteiger partial charge in [0.25, 0.3) is 5.91 Å². The van der Waals surface area contributed by atoms with Crippen LogP contribution >= 0.6 is 0 Å². The Labute approximate surface area is 245 Å². The summed E-state index contributed by atoms with van der Waals surface area (Å²) in [6, 6.07) is 11.1. The lowest BCUT2D eigenvalue weighted by atomic mass is 9.62. The number of aryl methyl sites for hydroxylation is 1. The number of anilines is 1. The van der Waals surface area contributed by atoms with Gasteiger partial charge in [-0.1, -0.05) is 32.4 Å². The predicted octanol–water partition coefficient (Wildman–Crippen LogP) is 5.37. The fraction of sp³-hybridized carbons (Fsp3) is 0.562. The SMILES string of the molecule is CC(C)[C@H]1CN(C)CCN1Cc1cc2c(c(C(F)(F)F)c1)CN(c1cccc(C3(Cc4nn(C)n4C)CCC3)c1)C2=O. The second kappa shape index (κ2) is 10.6. The van der Waals surface area contributed by atoms with Crippen molar-refractivity contribution in [3.63, 3.8) is 0 Å². The molecule has 10 heteroatoms. The van der Waals surface area contributed by atoms with Crippen molar-refractivity contribution in [3.05, 3.63) is 70.0 Å². The van der Waals surface area contributed by atoms with E-state index in [0.29, 0.717) is 23.7 Å². The quantitative estimate of drug-likeness (QED) is 0.376. The number of aromatic nitrogens is 3. The molecular weight excluding hydrogens is 541 g/mol. The van der Waals surface area contributed by atoms with E-state index in [1.807, 2.05) is 37.0 Å². The molecule has 0 spiro atoms. The number of likely N-dealkylation sites (N-methyl/N-ethyl adjacent to an activating group) is 1. The van der Waals surface area contributed by atoms with Crippen LogP contribution in [0.15, 0.2) is 36.4 Å². The van der Waals surface area contributed by atoms with Crippen LogP contribution in [0, 0.1) is 5.92 Å². The Bertz CT molecular complexity index is 1480. The number of halogens is 3. The first-order chi connectivity index (χ1) is 19.9. The zero-order chi connectivity index (χ0) is 30.0. The van der Waals surface area contributed by atoms with Gasteiger partial charge in [0.1, 0.15) is 5.82 Å². The third kappa shape index (κ3) is 5.06. The molecule has 1 aliphatic carbocycles. The fourth-order valence-corrected chi connectivity index (χ4v) is 7.13. The van der Waals surface area contributed by atoms with Gasteiger partial charge < -0.3 is 9.80 Å². The van der Waals surface area contributed by atoms with Gasteiger partial charge in [-0.25, -0.2) is 4.80 Å². The van der Waals surface area contributed by atoms with Gasteiger partial charge in [-0.2, -0.15) is 13.2 Å². The monoisotopic (exact) mass is 582 g/mol. The van der Waals surface area contributed by atoms with E-state index in [1.165, 1.54) is 11.0 Å². The molecule has 0 radical (unpaired) electrons. The Balaban J connectivity index is 1.30. The van der Waals surface area contributed by atoms with E-state index in [0.717, 1.165) is 56.7 Å². The van der Waals surface area contributed by atoms with E-state index in [9.17, 15) is 18.0 Å². The van der Waals surface area contributed by atoms with Crippen LogP contribution in [0.5, 0.6) is 0 Å². The normalized spacial score (nSPS) is 21.3. The first kappa shape index (κ1) is 29.0. The van der Waals surface area contributed by atoms with Crippen molar-refractivity contribution >= 4 is 11.6 Å². The number of carbonyl (C=O) groups is 1. The zero-order valence-corrected chi connectivity index (χ0v) is 25.2. The van der Waals surface area contributed by atoms with Crippen LogP contribution in [0.25, 0.3) is 0 Å². The number of hydrogen-bond donors (Lipinski definition) is 0.